The Labute approximate surface area is 178 Å². The molecule has 0 atom stereocenters. The number of carbonyl (C=O) groups is 2. The van der Waals surface area contributed by atoms with Gasteiger partial charge in [0.05, 0.1) is 49.6 Å². The molecule has 1 aliphatic heterocycles. The number of methoxy groups -OCH3 is 2. The minimum Gasteiger partial charge on any atom is -0.491 e. The molecular formula is C21H22N6O4. The Morgan fingerprint density at radius 1 is 1.23 bits per heavy atom. The first-order valence-electron chi connectivity index (χ1n) is 9.73. The molecule has 1 aliphatic rings. The van der Waals surface area contributed by atoms with E-state index in [1.807, 2.05) is 6.92 Å². The summed E-state index contributed by atoms with van der Waals surface area (Å²) in [5.74, 6) is 0.595. The number of hydrogen-bond donors (Lipinski definition) is 1. The van der Waals surface area contributed by atoms with E-state index in [1.165, 1.54) is 11.8 Å². The van der Waals surface area contributed by atoms with Crippen LogP contribution in [0.3, 0.4) is 0 Å². The zero-order valence-corrected chi connectivity index (χ0v) is 17.5. The molecule has 0 saturated heterocycles. The summed E-state index contributed by atoms with van der Waals surface area (Å²) in [6, 6.07) is 5.33. The van der Waals surface area contributed by atoms with Gasteiger partial charge in [-0.25, -0.2) is 4.98 Å². The van der Waals surface area contributed by atoms with Gasteiger partial charge in [-0.05, 0) is 25.1 Å². The molecule has 10 heteroatoms. The van der Waals surface area contributed by atoms with Crippen molar-refractivity contribution in [1.29, 1.82) is 0 Å². The number of amides is 2. The van der Waals surface area contributed by atoms with Crippen molar-refractivity contribution in [3.63, 3.8) is 0 Å². The van der Waals surface area contributed by atoms with Gasteiger partial charge in [-0.15, -0.1) is 0 Å². The van der Waals surface area contributed by atoms with Gasteiger partial charge in [-0.2, -0.15) is 5.10 Å². The van der Waals surface area contributed by atoms with Gasteiger partial charge < -0.3 is 14.8 Å². The number of aromatic nitrogens is 4. The first-order valence-corrected chi connectivity index (χ1v) is 9.73. The fourth-order valence-electron chi connectivity index (χ4n) is 3.40. The number of nitrogens with one attached hydrogen (secondary N) is 1. The SMILES string of the molecule is CCNC(=O)Cn1cc(N2Cc3nc(-c4cnc(OC)c(OC)c4)ccc3C2=O)cn1. The Morgan fingerprint density at radius 3 is 2.81 bits per heavy atom. The normalized spacial score (nSPS) is 12.6. The van der Waals surface area contributed by atoms with Crippen molar-refractivity contribution in [3.05, 3.63) is 48.0 Å². The second-order valence-electron chi connectivity index (χ2n) is 6.87. The Kier molecular flexibility index (Phi) is 5.52. The number of anilines is 1. The molecule has 0 radical (unpaired) electrons. The minimum absolute atomic E-state index is 0.0948. The van der Waals surface area contributed by atoms with Crippen LogP contribution in [-0.2, 0) is 17.9 Å². The molecule has 0 aromatic carbocycles. The molecule has 3 aromatic rings. The molecule has 0 aliphatic carbocycles. The summed E-state index contributed by atoms with van der Waals surface area (Å²) in [7, 11) is 3.07. The van der Waals surface area contributed by atoms with Crippen LogP contribution in [0.1, 0.15) is 23.0 Å². The third-order valence-electron chi connectivity index (χ3n) is 4.90. The molecule has 4 heterocycles. The van der Waals surface area contributed by atoms with E-state index >= 15 is 0 Å². The van der Waals surface area contributed by atoms with Gasteiger partial charge in [0.2, 0.25) is 5.91 Å². The molecule has 10 nitrogen and oxygen atoms in total. The van der Waals surface area contributed by atoms with Gasteiger partial charge in [0.1, 0.15) is 6.54 Å². The highest BCUT2D eigenvalue weighted by molar-refractivity contribution is 6.09. The van der Waals surface area contributed by atoms with Crippen LogP contribution in [0.25, 0.3) is 11.3 Å². The van der Waals surface area contributed by atoms with E-state index in [0.29, 0.717) is 47.4 Å². The van der Waals surface area contributed by atoms with Crippen LogP contribution in [0.15, 0.2) is 36.8 Å². The molecule has 0 spiro atoms. The van der Waals surface area contributed by atoms with Crippen molar-refractivity contribution in [2.45, 2.75) is 20.0 Å². The Morgan fingerprint density at radius 2 is 2.06 bits per heavy atom. The number of carbonyl (C=O) groups excluding carboxylic acids is 2. The van der Waals surface area contributed by atoms with E-state index in [2.05, 4.69) is 20.4 Å². The number of fused-ring (bicyclic) bond motifs is 1. The lowest BCUT2D eigenvalue weighted by Gasteiger charge is -2.11. The van der Waals surface area contributed by atoms with Crippen molar-refractivity contribution in [2.75, 3.05) is 25.7 Å². The number of rotatable bonds is 7. The smallest absolute Gasteiger partial charge is 0.260 e. The molecule has 0 saturated carbocycles. The third kappa shape index (κ3) is 3.91. The van der Waals surface area contributed by atoms with Gasteiger partial charge in [0.15, 0.2) is 5.75 Å². The quantitative estimate of drug-likeness (QED) is 0.616. The summed E-state index contributed by atoms with van der Waals surface area (Å²) in [4.78, 5) is 35.2. The van der Waals surface area contributed by atoms with Gasteiger partial charge >= 0.3 is 0 Å². The van der Waals surface area contributed by atoms with Gasteiger partial charge in [0.25, 0.3) is 11.8 Å². The monoisotopic (exact) mass is 422 g/mol. The fourth-order valence-corrected chi connectivity index (χ4v) is 3.40. The van der Waals surface area contributed by atoms with Crippen molar-refractivity contribution in [1.82, 2.24) is 25.1 Å². The molecule has 160 valence electrons. The van der Waals surface area contributed by atoms with Gasteiger partial charge in [0, 0.05) is 24.5 Å². The van der Waals surface area contributed by atoms with Gasteiger partial charge in [-0.1, -0.05) is 0 Å². The zero-order chi connectivity index (χ0) is 22.0. The molecule has 31 heavy (non-hydrogen) atoms. The van der Waals surface area contributed by atoms with Crippen molar-refractivity contribution < 1.29 is 19.1 Å². The summed E-state index contributed by atoms with van der Waals surface area (Å²) >= 11 is 0. The minimum atomic E-state index is -0.156. The summed E-state index contributed by atoms with van der Waals surface area (Å²) in [5, 5.41) is 6.91. The largest absolute Gasteiger partial charge is 0.491 e. The second kappa shape index (κ2) is 8.42. The number of ether oxygens (including phenoxy) is 2. The Hall–Kier alpha value is -3.95. The molecule has 0 bridgehead atoms. The van der Waals surface area contributed by atoms with Crippen molar-refractivity contribution in [2.24, 2.45) is 0 Å². The molecule has 2 amide bonds. The number of likely N-dealkylation sites (N-methyl/N-ethyl adjacent to an activating group) is 1. The molecule has 3 aromatic heterocycles. The summed E-state index contributed by atoms with van der Waals surface area (Å²) in [6.07, 6.45) is 4.90. The average Bonchev–Trinajstić information content (AvgIpc) is 3.37. The maximum atomic E-state index is 12.9. The maximum absolute atomic E-state index is 12.9. The van der Waals surface area contributed by atoms with E-state index in [1.54, 1.807) is 48.8 Å². The molecule has 4 rings (SSSR count). The highest BCUT2D eigenvalue weighted by Crippen LogP contribution is 2.32. The molecule has 1 N–H and O–H groups in total. The van der Waals surface area contributed by atoms with Crippen molar-refractivity contribution in [3.8, 4) is 22.9 Å². The van der Waals surface area contributed by atoms with Crippen molar-refractivity contribution >= 4 is 17.5 Å². The van der Waals surface area contributed by atoms with E-state index in [4.69, 9.17) is 9.47 Å². The predicted molar refractivity (Wildman–Crippen MR) is 112 cm³/mol. The first-order chi connectivity index (χ1) is 15.0. The highest BCUT2D eigenvalue weighted by Gasteiger charge is 2.31. The number of pyridine rings is 2. The standard InChI is InChI=1S/C21H22N6O4/c1-4-22-19(28)12-26-10-14(9-24-26)27-11-17-15(21(27)29)5-6-16(25-17)13-7-18(30-2)20(31-3)23-8-13/h5-10H,4,11-12H2,1-3H3,(H,22,28). The van der Waals surface area contributed by atoms with E-state index in [9.17, 15) is 9.59 Å². The van der Waals surface area contributed by atoms with Crippen LogP contribution in [0.5, 0.6) is 11.6 Å². The number of nitrogens with zero attached hydrogens (tertiary/aromatic N) is 5. The van der Waals surface area contributed by atoms with E-state index in [0.717, 1.165) is 5.56 Å². The van der Waals surface area contributed by atoms with Crippen LogP contribution in [0, 0.1) is 0 Å². The Bertz CT molecular complexity index is 1140. The second-order valence-corrected chi connectivity index (χ2v) is 6.87. The summed E-state index contributed by atoms with van der Waals surface area (Å²) in [6.45, 7) is 2.81. The summed E-state index contributed by atoms with van der Waals surface area (Å²) in [5.41, 5.74) is 3.24. The number of hydrogen-bond acceptors (Lipinski definition) is 7. The van der Waals surface area contributed by atoms with Crippen LogP contribution in [0.4, 0.5) is 5.69 Å². The van der Waals surface area contributed by atoms with Crippen LogP contribution >= 0.6 is 0 Å². The third-order valence-corrected chi connectivity index (χ3v) is 4.90. The highest BCUT2D eigenvalue weighted by atomic mass is 16.5. The van der Waals surface area contributed by atoms with Crippen LogP contribution in [-0.4, -0.2) is 52.3 Å². The van der Waals surface area contributed by atoms with Crippen LogP contribution in [0.2, 0.25) is 0 Å². The van der Waals surface area contributed by atoms with E-state index in [-0.39, 0.29) is 18.4 Å². The van der Waals surface area contributed by atoms with E-state index < -0.39 is 0 Å². The first kappa shape index (κ1) is 20.3. The van der Waals surface area contributed by atoms with Gasteiger partial charge in [-0.3, -0.25) is 24.2 Å². The lowest BCUT2D eigenvalue weighted by Crippen LogP contribution is -2.27. The maximum Gasteiger partial charge on any atom is 0.260 e. The molecule has 0 fully saturated rings. The summed E-state index contributed by atoms with van der Waals surface area (Å²) < 4.78 is 12.0. The zero-order valence-electron chi connectivity index (χ0n) is 17.5. The lowest BCUT2D eigenvalue weighted by molar-refractivity contribution is -0.121. The topological polar surface area (TPSA) is 111 Å². The fraction of sp³-hybridized carbons (Fsp3) is 0.286. The average molecular weight is 422 g/mol. The Balaban J connectivity index is 1.56. The molecular weight excluding hydrogens is 400 g/mol. The molecule has 0 unspecified atom stereocenters. The lowest BCUT2D eigenvalue weighted by atomic mass is 10.1. The van der Waals surface area contributed by atoms with Crippen LogP contribution < -0.4 is 19.7 Å². The predicted octanol–water partition coefficient (Wildman–Crippen LogP) is 1.65.